The van der Waals surface area contributed by atoms with Crippen LogP contribution < -0.4 is 10.5 Å². The van der Waals surface area contributed by atoms with Crippen molar-refractivity contribution in [3.63, 3.8) is 0 Å². The Morgan fingerprint density at radius 3 is 2.38 bits per heavy atom. The van der Waals surface area contributed by atoms with Crippen LogP contribution >= 0.6 is 11.6 Å². The Hall–Kier alpha value is -1.64. The molecule has 0 heterocycles. The van der Waals surface area contributed by atoms with Crippen LogP contribution in [0.15, 0.2) is 23.1 Å². The third-order valence-electron chi connectivity index (χ3n) is 2.85. The van der Waals surface area contributed by atoms with E-state index in [2.05, 4.69) is 4.72 Å². The fourth-order valence-corrected chi connectivity index (χ4v) is 2.85. The van der Waals surface area contributed by atoms with E-state index in [4.69, 9.17) is 22.4 Å². The smallest absolute Gasteiger partial charge is 0.337 e. The van der Waals surface area contributed by atoms with Gasteiger partial charge in [-0.1, -0.05) is 11.6 Å². The summed E-state index contributed by atoms with van der Waals surface area (Å²) in [5.74, 6) is -1.91. The van der Waals surface area contributed by atoms with E-state index in [1.807, 2.05) is 0 Å². The minimum Gasteiger partial charge on any atom is -0.478 e. The van der Waals surface area contributed by atoms with E-state index in [9.17, 15) is 18.0 Å². The highest BCUT2D eigenvalue weighted by Gasteiger charge is 2.28. The Morgan fingerprint density at radius 2 is 1.95 bits per heavy atom. The summed E-state index contributed by atoms with van der Waals surface area (Å²) < 4.78 is 26.4. The minimum atomic E-state index is -3.93. The van der Waals surface area contributed by atoms with Gasteiger partial charge in [-0.2, -0.15) is 0 Å². The molecule has 0 saturated carbocycles. The summed E-state index contributed by atoms with van der Waals surface area (Å²) in [5.41, 5.74) is 3.90. The predicted octanol–water partition coefficient (Wildman–Crippen LogP) is 0.828. The number of rotatable bonds is 6. The number of aromatic carboxylic acids is 1. The molecule has 0 unspecified atom stereocenters. The molecule has 0 saturated heterocycles. The average molecular weight is 335 g/mol. The second-order valence-corrected chi connectivity index (χ2v) is 7.19. The minimum absolute atomic E-state index is 0.192. The number of amides is 1. The number of carbonyl (C=O) groups excluding carboxylic acids is 1. The van der Waals surface area contributed by atoms with Crippen molar-refractivity contribution in [3.05, 3.63) is 28.8 Å². The van der Waals surface area contributed by atoms with Crippen molar-refractivity contribution >= 4 is 33.5 Å². The van der Waals surface area contributed by atoms with E-state index >= 15 is 0 Å². The quantitative estimate of drug-likeness (QED) is 0.710. The number of carboxylic acid groups (broad SMARTS) is 1. The molecule has 4 N–H and O–H groups in total. The largest absolute Gasteiger partial charge is 0.478 e. The Balaban J connectivity index is 3.02. The highest BCUT2D eigenvalue weighted by molar-refractivity contribution is 7.89. The molecule has 0 atom stereocenters. The molecule has 116 valence electrons. The Morgan fingerprint density at radius 1 is 1.38 bits per heavy atom. The van der Waals surface area contributed by atoms with Crippen molar-refractivity contribution in [3.8, 4) is 0 Å². The zero-order valence-electron chi connectivity index (χ0n) is 11.4. The summed E-state index contributed by atoms with van der Waals surface area (Å²) in [5, 5.41) is 8.63. The van der Waals surface area contributed by atoms with Crippen molar-refractivity contribution in [2.45, 2.75) is 18.7 Å². The number of hydrogen-bond donors (Lipinski definition) is 3. The molecule has 0 bridgehead atoms. The maximum Gasteiger partial charge on any atom is 0.337 e. The number of nitrogens with two attached hydrogens (primary N) is 1. The van der Waals surface area contributed by atoms with Gasteiger partial charge in [0.25, 0.3) is 0 Å². The molecule has 1 aromatic rings. The summed E-state index contributed by atoms with van der Waals surface area (Å²) in [4.78, 5) is 21.8. The summed E-state index contributed by atoms with van der Waals surface area (Å²) in [7, 11) is -3.93. The molecule has 0 aliphatic rings. The molecular weight excluding hydrogens is 320 g/mol. The standard InChI is InChI=1S/C12H15ClN2O5S/c1-12(2,11(14)18)6-15-21(19,20)7-3-4-8(10(16)17)9(13)5-7/h3-5,15H,6H2,1-2H3,(H2,14,18)(H,16,17). The van der Waals surface area contributed by atoms with Crippen LogP contribution in [0.2, 0.25) is 5.02 Å². The van der Waals surface area contributed by atoms with E-state index in [1.165, 1.54) is 13.8 Å². The number of halogens is 1. The van der Waals surface area contributed by atoms with Gasteiger partial charge in [0.05, 0.1) is 20.9 Å². The topological polar surface area (TPSA) is 127 Å². The van der Waals surface area contributed by atoms with E-state index in [1.54, 1.807) is 0 Å². The SMILES string of the molecule is CC(C)(CNS(=O)(=O)c1ccc(C(=O)O)c(Cl)c1)C(N)=O. The maximum atomic E-state index is 12.1. The monoisotopic (exact) mass is 334 g/mol. The number of carbonyl (C=O) groups is 2. The van der Waals surface area contributed by atoms with Crippen molar-refractivity contribution in [2.75, 3.05) is 6.54 Å². The van der Waals surface area contributed by atoms with Crippen molar-refractivity contribution < 1.29 is 23.1 Å². The molecule has 0 aliphatic carbocycles. The Labute approximate surface area is 127 Å². The van der Waals surface area contributed by atoms with Crippen molar-refractivity contribution in [1.29, 1.82) is 0 Å². The van der Waals surface area contributed by atoms with Crippen LogP contribution in [-0.4, -0.2) is 31.9 Å². The van der Waals surface area contributed by atoms with Gasteiger partial charge < -0.3 is 10.8 Å². The molecule has 1 aromatic carbocycles. The summed E-state index contributed by atoms with van der Waals surface area (Å²) in [6.07, 6.45) is 0. The molecule has 21 heavy (non-hydrogen) atoms. The van der Waals surface area contributed by atoms with Gasteiger partial charge >= 0.3 is 5.97 Å². The van der Waals surface area contributed by atoms with Crippen LogP contribution in [0.25, 0.3) is 0 Å². The van der Waals surface area contributed by atoms with Gasteiger partial charge in [0.1, 0.15) is 0 Å². The third-order valence-corrected chi connectivity index (χ3v) is 4.56. The number of sulfonamides is 1. The fraction of sp³-hybridized carbons (Fsp3) is 0.333. The number of nitrogens with one attached hydrogen (secondary N) is 1. The van der Waals surface area contributed by atoms with Gasteiger partial charge in [0.15, 0.2) is 0 Å². The predicted molar refractivity (Wildman–Crippen MR) is 76.6 cm³/mol. The van der Waals surface area contributed by atoms with Crippen LogP contribution in [-0.2, 0) is 14.8 Å². The second-order valence-electron chi connectivity index (χ2n) is 5.02. The lowest BCUT2D eigenvalue weighted by Crippen LogP contribution is -2.42. The first-order valence-corrected chi connectivity index (χ1v) is 7.66. The molecular formula is C12H15ClN2O5S. The van der Waals surface area contributed by atoms with Gasteiger partial charge in [-0.25, -0.2) is 17.9 Å². The first kappa shape index (κ1) is 17.4. The first-order valence-electron chi connectivity index (χ1n) is 5.80. The lowest BCUT2D eigenvalue weighted by Gasteiger charge is -2.20. The Bertz CT molecular complexity index is 685. The zero-order chi connectivity index (χ0) is 16.4. The highest BCUT2D eigenvalue weighted by atomic mass is 35.5. The molecule has 0 aliphatic heterocycles. The van der Waals surface area contributed by atoms with Gasteiger partial charge in [0.2, 0.25) is 15.9 Å². The van der Waals surface area contributed by atoms with Gasteiger partial charge in [-0.05, 0) is 32.0 Å². The van der Waals surface area contributed by atoms with Crippen LogP contribution in [0.1, 0.15) is 24.2 Å². The average Bonchev–Trinajstić information content (AvgIpc) is 2.36. The van der Waals surface area contributed by atoms with Gasteiger partial charge in [0, 0.05) is 6.54 Å². The molecule has 0 aromatic heterocycles. The van der Waals surface area contributed by atoms with Crippen molar-refractivity contribution in [2.24, 2.45) is 11.1 Å². The first-order chi connectivity index (χ1) is 9.47. The maximum absolute atomic E-state index is 12.1. The molecule has 0 spiro atoms. The third kappa shape index (κ3) is 4.16. The normalized spacial score (nSPS) is 12.1. The summed E-state index contributed by atoms with van der Waals surface area (Å²) >= 11 is 5.72. The zero-order valence-corrected chi connectivity index (χ0v) is 13.0. The fourth-order valence-electron chi connectivity index (χ4n) is 1.28. The molecule has 1 rings (SSSR count). The van der Waals surface area contributed by atoms with Gasteiger partial charge in [-0.3, -0.25) is 4.79 Å². The van der Waals surface area contributed by atoms with Crippen LogP contribution in [0.3, 0.4) is 0 Å². The molecule has 0 fully saturated rings. The lowest BCUT2D eigenvalue weighted by molar-refractivity contribution is -0.125. The summed E-state index contributed by atoms with van der Waals surface area (Å²) in [6.45, 7) is 2.81. The van der Waals surface area contributed by atoms with Gasteiger partial charge in [-0.15, -0.1) is 0 Å². The van der Waals surface area contributed by atoms with Crippen molar-refractivity contribution in [1.82, 2.24) is 4.72 Å². The highest BCUT2D eigenvalue weighted by Crippen LogP contribution is 2.21. The number of carboxylic acids is 1. The molecule has 9 heteroatoms. The van der Waals surface area contributed by atoms with Crippen LogP contribution in [0, 0.1) is 5.41 Å². The van der Waals surface area contributed by atoms with E-state index in [0.717, 1.165) is 18.2 Å². The molecule has 7 nitrogen and oxygen atoms in total. The Kier molecular flexibility index (Phi) is 4.98. The lowest BCUT2D eigenvalue weighted by atomic mass is 9.93. The van der Waals surface area contributed by atoms with Crippen LogP contribution in [0.5, 0.6) is 0 Å². The van der Waals surface area contributed by atoms with Crippen LogP contribution in [0.4, 0.5) is 0 Å². The number of benzene rings is 1. The number of hydrogen-bond acceptors (Lipinski definition) is 4. The molecule has 1 amide bonds. The molecule has 0 radical (unpaired) electrons. The van der Waals surface area contributed by atoms with E-state index < -0.39 is 27.3 Å². The van der Waals surface area contributed by atoms with E-state index in [-0.39, 0.29) is 22.0 Å². The number of primary amides is 1. The van der Waals surface area contributed by atoms with E-state index in [0.29, 0.717) is 0 Å². The second kappa shape index (κ2) is 6.00. The summed E-state index contributed by atoms with van der Waals surface area (Å²) in [6, 6.07) is 3.25.